The molecule has 19 heavy (non-hydrogen) atoms. The van der Waals surface area contributed by atoms with Crippen molar-refractivity contribution in [3.05, 3.63) is 53.1 Å². The zero-order valence-corrected chi connectivity index (χ0v) is 11.0. The summed E-state index contributed by atoms with van der Waals surface area (Å²) < 4.78 is 20.9. The number of H-pyrrole nitrogens is 1. The van der Waals surface area contributed by atoms with Crippen LogP contribution in [-0.2, 0) is 0 Å². The number of hydrogen-bond donors (Lipinski definition) is 1. The van der Waals surface area contributed by atoms with Gasteiger partial charge in [-0.25, -0.2) is 4.39 Å². The Hall–Kier alpha value is -2.14. The molecule has 1 heterocycles. The average molecular weight is 274 g/mol. The SMILES string of the molecule is COc1cccc(-n2c(=S)[nH]c3ccc(F)cc32)c1. The highest BCUT2D eigenvalue weighted by Crippen LogP contribution is 2.23. The zero-order valence-electron chi connectivity index (χ0n) is 10.2. The fourth-order valence-electron chi connectivity index (χ4n) is 2.08. The van der Waals surface area contributed by atoms with Crippen molar-refractivity contribution in [2.24, 2.45) is 0 Å². The van der Waals surface area contributed by atoms with Crippen LogP contribution in [0.5, 0.6) is 5.75 Å². The smallest absolute Gasteiger partial charge is 0.182 e. The van der Waals surface area contributed by atoms with Crippen LogP contribution in [0.2, 0.25) is 0 Å². The van der Waals surface area contributed by atoms with Crippen LogP contribution in [0.3, 0.4) is 0 Å². The highest BCUT2D eigenvalue weighted by atomic mass is 32.1. The van der Waals surface area contributed by atoms with Crippen molar-refractivity contribution in [3.63, 3.8) is 0 Å². The first-order valence-corrected chi connectivity index (χ1v) is 6.14. The quantitative estimate of drug-likeness (QED) is 0.720. The van der Waals surface area contributed by atoms with E-state index in [2.05, 4.69) is 4.98 Å². The summed E-state index contributed by atoms with van der Waals surface area (Å²) in [6.45, 7) is 0. The molecule has 0 aliphatic rings. The number of benzene rings is 2. The molecule has 1 N–H and O–H groups in total. The lowest BCUT2D eigenvalue weighted by atomic mass is 10.2. The Labute approximate surface area is 114 Å². The Bertz CT molecular complexity index is 807. The number of hydrogen-bond acceptors (Lipinski definition) is 2. The van der Waals surface area contributed by atoms with E-state index in [4.69, 9.17) is 17.0 Å². The van der Waals surface area contributed by atoms with E-state index in [1.165, 1.54) is 12.1 Å². The first kappa shape index (κ1) is 11.9. The maximum absolute atomic E-state index is 13.4. The summed E-state index contributed by atoms with van der Waals surface area (Å²) in [4.78, 5) is 3.06. The highest BCUT2D eigenvalue weighted by Gasteiger charge is 2.08. The van der Waals surface area contributed by atoms with Crippen molar-refractivity contribution in [1.29, 1.82) is 0 Å². The summed E-state index contributed by atoms with van der Waals surface area (Å²) in [7, 11) is 1.60. The molecule has 0 amide bonds. The number of nitrogens with one attached hydrogen (secondary N) is 1. The second-order valence-corrected chi connectivity index (χ2v) is 4.52. The van der Waals surface area contributed by atoms with Crippen molar-refractivity contribution in [1.82, 2.24) is 9.55 Å². The van der Waals surface area contributed by atoms with E-state index in [1.807, 2.05) is 24.3 Å². The Morgan fingerprint density at radius 1 is 1.21 bits per heavy atom. The molecule has 0 saturated heterocycles. The topological polar surface area (TPSA) is 29.9 Å². The van der Waals surface area contributed by atoms with Gasteiger partial charge in [-0.1, -0.05) is 6.07 Å². The number of methoxy groups -OCH3 is 1. The van der Waals surface area contributed by atoms with Crippen LogP contribution >= 0.6 is 12.2 Å². The van der Waals surface area contributed by atoms with Gasteiger partial charge in [0.25, 0.3) is 0 Å². The maximum Gasteiger partial charge on any atom is 0.182 e. The summed E-state index contributed by atoms with van der Waals surface area (Å²) >= 11 is 5.30. The lowest BCUT2D eigenvalue weighted by Gasteiger charge is -2.06. The minimum atomic E-state index is -0.293. The summed E-state index contributed by atoms with van der Waals surface area (Å²) in [5.74, 6) is 0.434. The third kappa shape index (κ3) is 2.02. The molecule has 3 nitrogen and oxygen atoms in total. The van der Waals surface area contributed by atoms with Gasteiger partial charge in [0, 0.05) is 12.1 Å². The molecule has 0 fully saturated rings. The average Bonchev–Trinajstić information content (AvgIpc) is 2.74. The van der Waals surface area contributed by atoms with Crippen molar-refractivity contribution in [2.75, 3.05) is 7.11 Å². The zero-order chi connectivity index (χ0) is 13.4. The number of nitrogens with zero attached hydrogens (tertiary/aromatic N) is 1. The second-order valence-electron chi connectivity index (χ2n) is 4.13. The van der Waals surface area contributed by atoms with Crippen LogP contribution in [-0.4, -0.2) is 16.7 Å². The Morgan fingerprint density at radius 2 is 2.05 bits per heavy atom. The number of halogens is 1. The maximum atomic E-state index is 13.4. The molecule has 0 unspecified atom stereocenters. The number of aromatic amines is 1. The standard InChI is InChI=1S/C14H11FN2OS/c1-18-11-4-2-3-10(8-11)17-13-7-9(15)5-6-12(13)16-14(17)19/h2-8H,1H3,(H,16,19). The van der Waals surface area contributed by atoms with Crippen LogP contribution in [0, 0.1) is 10.6 Å². The van der Waals surface area contributed by atoms with E-state index in [0.717, 1.165) is 17.0 Å². The number of fused-ring (bicyclic) bond motifs is 1. The van der Waals surface area contributed by atoms with Gasteiger partial charge in [-0.3, -0.25) is 4.57 Å². The minimum absolute atomic E-state index is 0.293. The molecule has 0 aliphatic heterocycles. The van der Waals surface area contributed by atoms with E-state index in [9.17, 15) is 4.39 Å². The molecule has 0 saturated carbocycles. The third-order valence-electron chi connectivity index (χ3n) is 2.96. The number of aromatic nitrogens is 2. The Morgan fingerprint density at radius 3 is 2.84 bits per heavy atom. The number of rotatable bonds is 2. The van der Waals surface area contributed by atoms with Gasteiger partial charge in [-0.15, -0.1) is 0 Å². The summed E-state index contributed by atoms with van der Waals surface area (Å²) in [6.07, 6.45) is 0. The normalized spacial score (nSPS) is 10.8. The van der Waals surface area contributed by atoms with Crippen LogP contribution < -0.4 is 4.74 Å². The molecule has 3 rings (SSSR count). The largest absolute Gasteiger partial charge is 0.497 e. The van der Waals surface area contributed by atoms with Gasteiger partial charge in [-0.2, -0.15) is 0 Å². The predicted molar refractivity (Wildman–Crippen MR) is 75.0 cm³/mol. The molecule has 5 heteroatoms. The van der Waals surface area contributed by atoms with Gasteiger partial charge in [0.2, 0.25) is 0 Å². The molecule has 0 spiro atoms. The van der Waals surface area contributed by atoms with Crippen LogP contribution in [0.15, 0.2) is 42.5 Å². The molecule has 0 aliphatic carbocycles. The number of ether oxygens (including phenoxy) is 1. The van der Waals surface area contributed by atoms with Crippen LogP contribution in [0.1, 0.15) is 0 Å². The van der Waals surface area contributed by atoms with E-state index in [0.29, 0.717) is 10.3 Å². The molecular weight excluding hydrogens is 263 g/mol. The second kappa shape index (κ2) is 4.51. The first-order chi connectivity index (χ1) is 9.19. The number of imidazole rings is 1. The fourth-order valence-corrected chi connectivity index (χ4v) is 2.40. The molecule has 2 aromatic carbocycles. The van der Waals surface area contributed by atoms with Crippen LogP contribution in [0.4, 0.5) is 4.39 Å². The molecule has 0 atom stereocenters. The summed E-state index contributed by atoms with van der Waals surface area (Å²) in [6, 6.07) is 12.0. The van der Waals surface area contributed by atoms with E-state index in [1.54, 1.807) is 17.7 Å². The van der Waals surface area contributed by atoms with E-state index >= 15 is 0 Å². The van der Waals surface area contributed by atoms with E-state index < -0.39 is 0 Å². The molecule has 0 bridgehead atoms. The Kier molecular flexibility index (Phi) is 2.83. The predicted octanol–water partition coefficient (Wildman–Crippen LogP) is 3.84. The van der Waals surface area contributed by atoms with Gasteiger partial charge < -0.3 is 9.72 Å². The minimum Gasteiger partial charge on any atom is -0.497 e. The van der Waals surface area contributed by atoms with Gasteiger partial charge >= 0.3 is 0 Å². The summed E-state index contributed by atoms with van der Waals surface area (Å²) in [5.41, 5.74) is 2.34. The van der Waals surface area contributed by atoms with Gasteiger partial charge in [0.1, 0.15) is 11.6 Å². The monoisotopic (exact) mass is 274 g/mol. The molecule has 3 aromatic rings. The summed E-state index contributed by atoms with van der Waals surface area (Å²) in [5, 5.41) is 0. The van der Waals surface area contributed by atoms with Crippen molar-refractivity contribution >= 4 is 23.3 Å². The van der Waals surface area contributed by atoms with Crippen LogP contribution in [0.25, 0.3) is 16.7 Å². The highest BCUT2D eigenvalue weighted by molar-refractivity contribution is 7.71. The fraction of sp³-hybridized carbons (Fsp3) is 0.0714. The lowest BCUT2D eigenvalue weighted by molar-refractivity contribution is 0.414. The Balaban J connectivity index is 2.32. The van der Waals surface area contributed by atoms with Gasteiger partial charge in [0.15, 0.2) is 4.77 Å². The lowest BCUT2D eigenvalue weighted by Crippen LogP contribution is -1.95. The molecule has 96 valence electrons. The molecule has 0 radical (unpaired) electrons. The van der Waals surface area contributed by atoms with Gasteiger partial charge in [0.05, 0.1) is 23.8 Å². The molecule has 1 aromatic heterocycles. The van der Waals surface area contributed by atoms with Crippen molar-refractivity contribution in [2.45, 2.75) is 0 Å². The van der Waals surface area contributed by atoms with Gasteiger partial charge in [-0.05, 0) is 36.5 Å². The first-order valence-electron chi connectivity index (χ1n) is 5.74. The van der Waals surface area contributed by atoms with Crippen molar-refractivity contribution in [3.8, 4) is 11.4 Å². The van der Waals surface area contributed by atoms with Crippen molar-refractivity contribution < 1.29 is 9.13 Å². The molecular formula is C14H11FN2OS. The van der Waals surface area contributed by atoms with E-state index in [-0.39, 0.29) is 5.82 Å². The third-order valence-corrected chi connectivity index (χ3v) is 3.24.